The summed E-state index contributed by atoms with van der Waals surface area (Å²) < 4.78 is 18.0. The van der Waals surface area contributed by atoms with Gasteiger partial charge in [0.05, 0.1) is 12.1 Å². The van der Waals surface area contributed by atoms with Crippen molar-refractivity contribution in [2.24, 2.45) is 0 Å². The Morgan fingerprint density at radius 1 is 1.19 bits per heavy atom. The smallest absolute Gasteiger partial charge is 0.416 e. The Labute approximate surface area is 157 Å². The van der Waals surface area contributed by atoms with Crippen molar-refractivity contribution in [2.75, 3.05) is 6.61 Å². The highest BCUT2D eigenvalue weighted by molar-refractivity contribution is 5.93. The first-order valence-corrected chi connectivity index (χ1v) is 9.01. The molecule has 0 spiro atoms. The van der Waals surface area contributed by atoms with E-state index in [1.165, 1.54) is 29.2 Å². The summed E-state index contributed by atoms with van der Waals surface area (Å²) in [6.45, 7) is 0.192. The largest absolute Gasteiger partial charge is 0.447 e. The molecular weight excluding hydrogens is 349 g/mol. The minimum absolute atomic E-state index is 0.138. The molecule has 2 aromatic carbocycles. The van der Waals surface area contributed by atoms with Gasteiger partial charge in [-0.25, -0.2) is 14.1 Å². The maximum absolute atomic E-state index is 12.9. The number of aliphatic hydroxyl groups is 1. The third-order valence-corrected chi connectivity index (χ3v) is 4.67. The molecule has 2 atom stereocenters. The van der Waals surface area contributed by atoms with Gasteiger partial charge in [-0.1, -0.05) is 42.5 Å². The number of hydrogen-bond donors (Lipinski definition) is 1. The van der Waals surface area contributed by atoms with E-state index in [0.29, 0.717) is 24.8 Å². The third-order valence-electron chi connectivity index (χ3n) is 4.67. The number of rotatable bonds is 7. The predicted octanol–water partition coefficient (Wildman–Crippen LogP) is 3.62. The number of cyclic esters (lactones) is 1. The minimum Gasteiger partial charge on any atom is -0.447 e. The molecule has 2 unspecified atom stereocenters. The van der Waals surface area contributed by atoms with E-state index < -0.39 is 12.2 Å². The van der Waals surface area contributed by atoms with Crippen molar-refractivity contribution in [1.82, 2.24) is 4.90 Å². The minimum atomic E-state index is -0.774. The average molecular weight is 371 g/mol. The standard InChI is InChI=1S/C21H22FNO4/c22-17-11-9-16(10-12-17)19(24)7-4-8-20(25)23-18(14-27-21(23)26)13-15-5-2-1-3-6-15/h1-3,5-6,9-12,18-19,24H,4,7-8,13-14H2. The van der Waals surface area contributed by atoms with E-state index in [1.807, 2.05) is 30.3 Å². The molecule has 142 valence electrons. The Kier molecular flexibility index (Phi) is 6.19. The Balaban J connectivity index is 1.52. The lowest BCUT2D eigenvalue weighted by molar-refractivity contribution is -0.129. The number of nitrogens with zero attached hydrogens (tertiary/aromatic N) is 1. The molecule has 0 bridgehead atoms. The van der Waals surface area contributed by atoms with E-state index >= 15 is 0 Å². The summed E-state index contributed by atoms with van der Waals surface area (Å²) in [5.41, 5.74) is 1.64. The Hall–Kier alpha value is -2.73. The number of imide groups is 1. The summed E-state index contributed by atoms with van der Waals surface area (Å²) in [5.74, 6) is -0.664. The number of aliphatic hydroxyl groups excluding tert-OH is 1. The quantitative estimate of drug-likeness (QED) is 0.807. The van der Waals surface area contributed by atoms with Crippen LogP contribution in [0.4, 0.5) is 9.18 Å². The molecule has 0 aromatic heterocycles. The molecule has 5 nitrogen and oxygen atoms in total. The van der Waals surface area contributed by atoms with Gasteiger partial charge in [-0.3, -0.25) is 4.79 Å². The van der Waals surface area contributed by atoms with Crippen molar-refractivity contribution in [1.29, 1.82) is 0 Å². The van der Waals surface area contributed by atoms with Gasteiger partial charge in [-0.05, 0) is 42.5 Å². The zero-order valence-electron chi connectivity index (χ0n) is 14.9. The fraction of sp³-hybridized carbons (Fsp3) is 0.333. The summed E-state index contributed by atoms with van der Waals surface area (Å²) >= 11 is 0. The second kappa shape index (κ2) is 8.77. The summed E-state index contributed by atoms with van der Waals surface area (Å²) in [7, 11) is 0. The highest BCUT2D eigenvalue weighted by Crippen LogP contribution is 2.22. The second-order valence-corrected chi connectivity index (χ2v) is 6.64. The molecule has 27 heavy (non-hydrogen) atoms. The normalized spacial score (nSPS) is 17.6. The van der Waals surface area contributed by atoms with Crippen LogP contribution in [0.25, 0.3) is 0 Å². The number of carbonyl (C=O) groups is 2. The summed E-state index contributed by atoms with van der Waals surface area (Å²) in [6.07, 6.45) is 0.0712. The van der Waals surface area contributed by atoms with Gasteiger partial charge in [0, 0.05) is 6.42 Å². The zero-order chi connectivity index (χ0) is 19.2. The van der Waals surface area contributed by atoms with Crippen LogP contribution in [0.3, 0.4) is 0 Å². The summed E-state index contributed by atoms with van der Waals surface area (Å²) in [4.78, 5) is 25.7. The third kappa shape index (κ3) is 4.92. The van der Waals surface area contributed by atoms with Crippen molar-refractivity contribution in [3.05, 3.63) is 71.5 Å². The maximum Gasteiger partial charge on any atom is 0.416 e. The monoisotopic (exact) mass is 371 g/mol. The molecule has 1 saturated heterocycles. The van der Waals surface area contributed by atoms with Gasteiger partial charge >= 0.3 is 6.09 Å². The molecule has 1 N–H and O–H groups in total. The molecule has 0 saturated carbocycles. The molecule has 3 rings (SSSR count). The Bertz CT molecular complexity index is 779. The lowest BCUT2D eigenvalue weighted by atomic mass is 10.0. The van der Waals surface area contributed by atoms with Gasteiger partial charge in [0.1, 0.15) is 12.4 Å². The molecule has 1 aliphatic heterocycles. The van der Waals surface area contributed by atoms with E-state index in [1.54, 1.807) is 0 Å². The number of halogens is 1. The van der Waals surface area contributed by atoms with Crippen LogP contribution < -0.4 is 0 Å². The van der Waals surface area contributed by atoms with Crippen molar-refractivity contribution in [2.45, 2.75) is 37.8 Å². The van der Waals surface area contributed by atoms with Gasteiger partial charge in [0.25, 0.3) is 0 Å². The Morgan fingerprint density at radius 2 is 1.89 bits per heavy atom. The SMILES string of the molecule is O=C(CCCC(O)c1ccc(F)cc1)N1C(=O)OCC1Cc1ccccc1. The van der Waals surface area contributed by atoms with E-state index in [9.17, 15) is 19.1 Å². The average Bonchev–Trinajstić information content (AvgIpc) is 3.03. The van der Waals surface area contributed by atoms with Gasteiger partial charge in [0.2, 0.25) is 5.91 Å². The first-order chi connectivity index (χ1) is 13.0. The van der Waals surface area contributed by atoms with E-state index in [-0.39, 0.29) is 30.8 Å². The first-order valence-electron chi connectivity index (χ1n) is 9.01. The number of benzene rings is 2. The fourth-order valence-corrected chi connectivity index (χ4v) is 3.22. The van der Waals surface area contributed by atoms with Crippen LogP contribution in [0.2, 0.25) is 0 Å². The topological polar surface area (TPSA) is 66.8 Å². The number of hydrogen-bond acceptors (Lipinski definition) is 4. The summed E-state index contributed by atoms with van der Waals surface area (Å²) in [6, 6.07) is 15.0. The van der Waals surface area contributed by atoms with E-state index in [0.717, 1.165) is 5.56 Å². The van der Waals surface area contributed by atoms with Crippen LogP contribution in [-0.4, -0.2) is 34.7 Å². The van der Waals surface area contributed by atoms with Gasteiger partial charge in [-0.15, -0.1) is 0 Å². The molecule has 2 amide bonds. The predicted molar refractivity (Wildman–Crippen MR) is 97.3 cm³/mol. The lowest BCUT2D eigenvalue weighted by Crippen LogP contribution is -2.40. The maximum atomic E-state index is 12.9. The molecular formula is C21H22FNO4. The molecule has 1 aliphatic rings. The van der Waals surface area contributed by atoms with Gasteiger partial charge in [0.15, 0.2) is 0 Å². The fourth-order valence-electron chi connectivity index (χ4n) is 3.22. The second-order valence-electron chi connectivity index (χ2n) is 6.64. The van der Waals surface area contributed by atoms with Crippen LogP contribution >= 0.6 is 0 Å². The van der Waals surface area contributed by atoms with Crippen molar-refractivity contribution < 1.29 is 23.8 Å². The van der Waals surface area contributed by atoms with Crippen LogP contribution in [-0.2, 0) is 16.0 Å². The van der Waals surface area contributed by atoms with Gasteiger partial charge < -0.3 is 9.84 Å². The van der Waals surface area contributed by atoms with Crippen LogP contribution in [0.5, 0.6) is 0 Å². The number of carbonyl (C=O) groups excluding carboxylic acids is 2. The van der Waals surface area contributed by atoms with Crippen molar-refractivity contribution >= 4 is 12.0 Å². The molecule has 1 fully saturated rings. The van der Waals surface area contributed by atoms with E-state index in [4.69, 9.17) is 4.74 Å². The van der Waals surface area contributed by atoms with Crippen molar-refractivity contribution in [3.8, 4) is 0 Å². The lowest BCUT2D eigenvalue weighted by Gasteiger charge is -2.20. The molecule has 2 aromatic rings. The van der Waals surface area contributed by atoms with Crippen LogP contribution in [0.15, 0.2) is 54.6 Å². The zero-order valence-corrected chi connectivity index (χ0v) is 14.9. The van der Waals surface area contributed by atoms with Gasteiger partial charge in [-0.2, -0.15) is 0 Å². The highest BCUT2D eigenvalue weighted by Gasteiger charge is 2.37. The molecule has 0 aliphatic carbocycles. The van der Waals surface area contributed by atoms with Crippen molar-refractivity contribution in [3.63, 3.8) is 0 Å². The first kappa shape index (κ1) is 19.0. The van der Waals surface area contributed by atoms with Crippen LogP contribution in [0, 0.1) is 5.82 Å². The van der Waals surface area contributed by atoms with Crippen LogP contribution in [0.1, 0.15) is 36.5 Å². The highest BCUT2D eigenvalue weighted by atomic mass is 19.1. The summed E-state index contributed by atoms with van der Waals surface area (Å²) in [5, 5.41) is 10.1. The molecule has 6 heteroatoms. The molecule has 0 radical (unpaired) electrons. The molecule has 1 heterocycles. The van der Waals surface area contributed by atoms with E-state index in [2.05, 4.69) is 0 Å². The Morgan fingerprint density at radius 3 is 2.59 bits per heavy atom. The number of ether oxygens (including phenoxy) is 1. The number of amides is 2.